The van der Waals surface area contributed by atoms with Gasteiger partial charge in [-0.2, -0.15) is 0 Å². The number of aryl methyl sites for hydroxylation is 2. The summed E-state index contributed by atoms with van der Waals surface area (Å²) < 4.78 is 0. The van der Waals surface area contributed by atoms with E-state index in [-0.39, 0.29) is 0 Å². The molecule has 0 radical (unpaired) electrons. The van der Waals surface area contributed by atoms with Crippen molar-refractivity contribution in [1.29, 1.82) is 0 Å². The smallest absolute Gasteiger partial charge is 0.0449 e. The normalized spacial score (nSPS) is 8.95. The lowest BCUT2D eigenvalue weighted by Gasteiger charge is -1.96. The molecule has 0 spiro atoms. The van der Waals surface area contributed by atoms with Crippen LogP contribution in [0.4, 0.5) is 0 Å². The summed E-state index contributed by atoms with van der Waals surface area (Å²) in [6.07, 6.45) is 1.01. The van der Waals surface area contributed by atoms with Gasteiger partial charge in [-0.05, 0) is 42.7 Å². The Morgan fingerprint density at radius 3 is 1.85 bits per heavy atom. The molecule has 2 aromatic carbocycles. The Kier molecular flexibility index (Phi) is 10.6. The second-order valence-electron chi connectivity index (χ2n) is 3.84. The molecule has 0 saturated carbocycles. The lowest BCUT2D eigenvalue weighted by Crippen LogP contribution is -1.78. The maximum Gasteiger partial charge on any atom is 0.0449 e. The monoisotopic (exact) mass is 330 g/mol. The van der Waals surface area contributed by atoms with Crippen LogP contribution in [0.25, 0.3) is 0 Å². The van der Waals surface area contributed by atoms with Gasteiger partial charge >= 0.3 is 0 Å². The Labute approximate surface area is 137 Å². The minimum atomic E-state index is 0.686. The Hall–Kier alpha value is -0.690. The van der Waals surface area contributed by atoms with Crippen LogP contribution in [0.2, 0.25) is 15.1 Å². The fraction of sp³-hybridized carbons (Fsp3) is 0.294. The van der Waals surface area contributed by atoms with Gasteiger partial charge in [0.2, 0.25) is 0 Å². The third-order valence-corrected chi connectivity index (χ3v) is 3.48. The van der Waals surface area contributed by atoms with Crippen LogP contribution in [0.1, 0.15) is 31.9 Å². The quantitative estimate of drug-likeness (QED) is 0.517. The molecule has 0 N–H and O–H groups in total. The molecular weight excluding hydrogens is 311 g/mol. The summed E-state index contributed by atoms with van der Waals surface area (Å²) in [5.41, 5.74) is 2.28. The molecule has 0 unspecified atom stereocenters. The van der Waals surface area contributed by atoms with Crippen molar-refractivity contribution in [3.8, 4) is 0 Å². The topological polar surface area (TPSA) is 0 Å². The molecule has 0 amide bonds. The van der Waals surface area contributed by atoms with Gasteiger partial charge in [0.15, 0.2) is 0 Å². The van der Waals surface area contributed by atoms with Gasteiger partial charge < -0.3 is 0 Å². The molecule has 0 fully saturated rings. The molecular formula is C17H21Cl3. The predicted octanol–water partition coefficient (Wildman–Crippen LogP) is 7.23. The van der Waals surface area contributed by atoms with Crippen LogP contribution in [0.3, 0.4) is 0 Å². The zero-order valence-electron chi connectivity index (χ0n) is 12.4. The summed E-state index contributed by atoms with van der Waals surface area (Å²) in [6, 6.07) is 13.4. The highest BCUT2D eigenvalue weighted by Gasteiger charge is 1.93. The second kappa shape index (κ2) is 11.0. The van der Waals surface area contributed by atoms with E-state index < -0.39 is 0 Å². The van der Waals surface area contributed by atoms with E-state index in [0.29, 0.717) is 5.02 Å². The molecule has 2 aromatic rings. The highest BCUT2D eigenvalue weighted by atomic mass is 35.5. The van der Waals surface area contributed by atoms with Gasteiger partial charge in [-0.25, -0.2) is 0 Å². The van der Waals surface area contributed by atoms with E-state index in [9.17, 15) is 0 Å². The van der Waals surface area contributed by atoms with Gasteiger partial charge in [0.05, 0.1) is 0 Å². The molecule has 0 bridgehead atoms. The third-order valence-electron chi connectivity index (χ3n) is 2.47. The van der Waals surface area contributed by atoms with Crippen LogP contribution in [0, 0.1) is 6.92 Å². The molecule has 0 aliphatic heterocycles. The summed E-state index contributed by atoms with van der Waals surface area (Å²) in [4.78, 5) is 0. The van der Waals surface area contributed by atoms with E-state index in [1.807, 2.05) is 57.2 Å². The van der Waals surface area contributed by atoms with Crippen LogP contribution in [-0.2, 0) is 6.42 Å². The van der Waals surface area contributed by atoms with Gasteiger partial charge in [-0.3, -0.25) is 0 Å². The highest BCUT2D eigenvalue weighted by molar-refractivity contribution is 6.35. The first kappa shape index (κ1) is 19.3. The van der Waals surface area contributed by atoms with E-state index in [1.165, 1.54) is 5.56 Å². The number of hydrogen-bond donors (Lipinski definition) is 0. The summed E-state index contributed by atoms with van der Waals surface area (Å²) >= 11 is 17.2. The van der Waals surface area contributed by atoms with E-state index in [2.05, 4.69) is 6.92 Å². The maximum atomic E-state index is 5.82. The molecule has 0 aromatic heterocycles. The van der Waals surface area contributed by atoms with Gasteiger partial charge in [0, 0.05) is 15.1 Å². The van der Waals surface area contributed by atoms with E-state index in [1.54, 1.807) is 6.07 Å². The van der Waals surface area contributed by atoms with Gasteiger partial charge in [-0.1, -0.05) is 79.8 Å². The minimum absolute atomic E-state index is 0.686. The molecule has 0 nitrogen and oxygen atoms in total. The SMILES string of the molecule is CC.CCc1ccccc1Cl.Cc1ccc(Cl)cc1Cl. The van der Waals surface area contributed by atoms with Crippen LogP contribution in [0.5, 0.6) is 0 Å². The predicted molar refractivity (Wildman–Crippen MR) is 93.4 cm³/mol. The van der Waals surface area contributed by atoms with Crippen molar-refractivity contribution >= 4 is 34.8 Å². The van der Waals surface area contributed by atoms with Crippen molar-refractivity contribution in [3.05, 3.63) is 68.7 Å². The molecule has 3 heteroatoms. The van der Waals surface area contributed by atoms with Gasteiger partial charge in [-0.15, -0.1) is 0 Å². The first-order valence-corrected chi connectivity index (χ1v) is 7.83. The highest BCUT2D eigenvalue weighted by Crippen LogP contribution is 2.19. The fourth-order valence-electron chi connectivity index (χ4n) is 1.35. The van der Waals surface area contributed by atoms with E-state index in [4.69, 9.17) is 34.8 Å². The van der Waals surface area contributed by atoms with Crippen molar-refractivity contribution in [3.63, 3.8) is 0 Å². The lowest BCUT2D eigenvalue weighted by atomic mass is 10.2. The summed E-state index contributed by atoms with van der Waals surface area (Å²) in [6.45, 7) is 8.04. The molecule has 0 atom stereocenters. The standard InChI is InChI=1S/C8H9Cl.C7H6Cl2.C2H6/c1-2-7-5-3-4-6-8(7)9;1-5-2-3-6(8)4-7(5)9;1-2/h3-6H,2H2,1H3;2-4H,1H3;1-2H3. The number of halogens is 3. The number of rotatable bonds is 1. The second-order valence-corrected chi connectivity index (χ2v) is 5.09. The van der Waals surface area contributed by atoms with Gasteiger partial charge in [0.1, 0.15) is 0 Å². The van der Waals surface area contributed by atoms with E-state index in [0.717, 1.165) is 22.0 Å². The van der Waals surface area contributed by atoms with Crippen LogP contribution in [0.15, 0.2) is 42.5 Å². The fourth-order valence-corrected chi connectivity index (χ4v) is 2.03. The molecule has 2 rings (SSSR count). The average molecular weight is 332 g/mol. The largest absolute Gasteiger partial charge is 0.0843 e. The molecule has 0 aliphatic carbocycles. The van der Waals surface area contributed by atoms with Crippen molar-refractivity contribution < 1.29 is 0 Å². The Morgan fingerprint density at radius 1 is 0.850 bits per heavy atom. The average Bonchev–Trinajstić information content (AvgIpc) is 2.47. The zero-order valence-corrected chi connectivity index (χ0v) is 14.7. The van der Waals surface area contributed by atoms with Crippen molar-refractivity contribution in [2.75, 3.05) is 0 Å². The molecule has 0 saturated heterocycles. The van der Waals surface area contributed by atoms with Crippen molar-refractivity contribution in [2.24, 2.45) is 0 Å². The van der Waals surface area contributed by atoms with Gasteiger partial charge in [0.25, 0.3) is 0 Å². The van der Waals surface area contributed by atoms with Crippen LogP contribution >= 0.6 is 34.8 Å². The van der Waals surface area contributed by atoms with Crippen LogP contribution < -0.4 is 0 Å². The summed E-state index contributed by atoms with van der Waals surface area (Å²) in [5, 5.41) is 2.29. The first-order chi connectivity index (χ1) is 9.54. The molecule has 0 aliphatic rings. The van der Waals surface area contributed by atoms with E-state index >= 15 is 0 Å². The minimum Gasteiger partial charge on any atom is -0.0843 e. The lowest BCUT2D eigenvalue weighted by molar-refractivity contribution is 1.14. The van der Waals surface area contributed by atoms with Crippen molar-refractivity contribution in [2.45, 2.75) is 34.1 Å². The zero-order chi connectivity index (χ0) is 15.5. The molecule has 0 heterocycles. The molecule has 110 valence electrons. The first-order valence-electron chi connectivity index (χ1n) is 6.69. The van der Waals surface area contributed by atoms with Crippen LogP contribution in [-0.4, -0.2) is 0 Å². The summed E-state index contributed by atoms with van der Waals surface area (Å²) in [5.74, 6) is 0. The Balaban J connectivity index is 0.000000321. The maximum absolute atomic E-state index is 5.82. The number of benzene rings is 2. The Bertz CT molecular complexity index is 507. The number of hydrogen-bond acceptors (Lipinski definition) is 0. The Morgan fingerprint density at radius 2 is 1.45 bits per heavy atom. The summed E-state index contributed by atoms with van der Waals surface area (Å²) in [7, 11) is 0. The third kappa shape index (κ3) is 7.19. The van der Waals surface area contributed by atoms with Crippen molar-refractivity contribution in [1.82, 2.24) is 0 Å². The molecule has 20 heavy (non-hydrogen) atoms.